The number of carbonyl (C=O) groups excluding carboxylic acids is 2. The first-order valence-electron chi connectivity index (χ1n) is 4.80. The van der Waals surface area contributed by atoms with E-state index in [2.05, 4.69) is 17.9 Å². The molecule has 0 unspecified atom stereocenters. The van der Waals surface area contributed by atoms with E-state index in [1.165, 1.54) is 14.0 Å². The zero-order valence-electron chi connectivity index (χ0n) is 9.66. The van der Waals surface area contributed by atoms with Crippen molar-refractivity contribution < 1.29 is 14.3 Å². The third-order valence-corrected chi connectivity index (χ3v) is 1.83. The van der Waals surface area contributed by atoms with Crippen LogP contribution in [0, 0.1) is 0 Å². The summed E-state index contributed by atoms with van der Waals surface area (Å²) in [4.78, 5) is 21.9. The highest BCUT2D eigenvalue weighted by Gasteiger charge is 2.04. The topological polar surface area (TPSA) is 43.4 Å². The zero-order chi connectivity index (χ0) is 12.6. The molecule has 0 bridgehead atoms. The summed E-state index contributed by atoms with van der Waals surface area (Å²) in [7, 11) is 1.34. The number of rotatable bonds is 3. The number of hydrogen-bond acceptors (Lipinski definition) is 3. The number of benzene rings is 1. The van der Waals surface area contributed by atoms with Crippen molar-refractivity contribution in [2.45, 2.75) is 13.3 Å². The summed E-state index contributed by atoms with van der Waals surface area (Å²) < 4.78 is 4.55. The lowest BCUT2D eigenvalue weighted by molar-refractivity contribution is -0.116. The average molecular weight is 220 g/mol. The van der Waals surface area contributed by atoms with Crippen LogP contribution in [0.2, 0.25) is 0 Å². The summed E-state index contributed by atoms with van der Waals surface area (Å²) in [6.45, 7) is 7.54. The number of carbonyl (C=O) groups is 2. The fourth-order valence-corrected chi connectivity index (χ4v) is 1.16. The maximum atomic E-state index is 11.1. The molecule has 1 rings (SSSR count). The first-order valence-corrected chi connectivity index (χ1v) is 4.80. The Kier molecular flexibility index (Phi) is 6.52. The Bertz CT molecular complexity index is 352. The third kappa shape index (κ3) is 4.55. The van der Waals surface area contributed by atoms with Crippen LogP contribution >= 0.6 is 0 Å². The minimum Gasteiger partial charge on any atom is -0.465 e. The van der Waals surface area contributed by atoms with E-state index in [0.29, 0.717) is 12.0 Å². The van der Waals surface area contributed by atoms with E-state index < -0.39 is 0 Å². The largest absolute Gasteiger partial charge is 0.465 e. The number of hydrogen-bond donors (Lipinski definition) is 0. The second kappa shape index (κ2) is 7.40. The second-order valence-electron chi connectivity index (χ2n) is 3.07. The van der Waals surface area contributed by atoms with Crippen LogP contribution in [0.1, 0.15) is 22.8 Å². The standard InChI is InChI=1S/C11H12O3.C2H4/c1-8(12)7-9-3-5-10(6-4-9)11(13)14-2;1-2/h3-6H,7H2,1-2H3;1-2H2. The van der Waals surface area contributed by atoms with Crippen molar-refractivity contribution in [3.8, 4) is 0 Å². The summed E-state index contributed by atoms with van der Waals surface area (Å²) in [5, 5.41) is 0. The Morgan fingerprint density at radius 2 is 1.69 bits per heavy atom. The van der Waals surface area contributed by atoms with E-state index in [1.54, 1.807) is 24.3 Å². The minimum atomic E-state index is -0.362. The van der Waals surface area contributed by atoms with Gasteiger partial charge in [0.05, 0.1) is 12.7 Å². The van der Waals surface area contributed by atoms with Crippen LogP contribution in [0.15, 0.2) is 37.4 Å². The van der Waals surface area contributed by atoms with E-state index in [1.807, 2.05) is 0 Å². The summed E-state index contributed by atoms with van der Waals surface area (Å²) in [5.41, 5.74) is 1.41. The van der Waals surface area contributed by atoms with Crippen LogP contribution in [0.4, 0.5) is 0 Å². The lowest BCUT2D eigenvalue weighted by atomic mass is 10.1. The summed E-state index contributed by atoms with van der Waals surface area (Å²) >= 11 is 0. The summed E-state index contributed by atoms with van der Waals surface area (Å²) in [6.07, 6.45) is 0.404. The molecule has 0 amide bonds. The van der Waals surface area contributed by atoms with E-state index in [9.17, 15) is 9.59 Å². The molecule has 0 aliphatic heterocycles. The van der Waals surface area contributed by atoms with Crippen molar-refractivity contribution in [3.63, 3.8) is 0 Å². The maximum absolute atomic E-state index is 11.1. The van der Waals surface area contributed by atoms with Crippen molar-refractivity contribution in [1.29, 1.82) is 0 Å². The molecule has 0 fully saturated rings. The molecular formula is C13H16O3. The highest BCUT2D eigenvalue weighted by atomic mass is 16.5. The number of Topliss-reactive ketones (excluding diaryl/α,β-unsaturated/α-hetero) is 1. The Morgan fingerprint density at radius 3 is 2.06 bits per heavy atom. The van der Waals surface area contributed by atoms with Crippen LogP contribution < -0.4 is 0 Å². The van der Waals surface area contributed by atoms with Crippen molar-refractivity contribution >= 4 is 11.8 Å². The van der Waals surface area contributed by atoms with Gasteiger partial charge in [0.25, 0.3) is 0 Å². The molecule has 0 radical (unpaired) electrons. The predicted molar refractivity (Wildman–Crippen MR) is 63.4 cm³/mol. The first-order chi connectivity index (χ1) is 7.63. The maximum Gasteiger partial charge on any atom is 0.337 e. The fourth-order valence-electron chi connectivity index (χ4n) is 1.16. The molecule has 0 saturated heterocycles. The number of ketones is 1. The van der Waals surface area contributed by atoms with Gasteiger partial charge >= 0.3 is 5.97 Å². The van der Waals surface area contributed by atoms with Crippen LogP contribution in [-0.4, -0.2) is 18.9 Å². The van der Waals surface area contributed by atoms with Crippen molar-refractivity contribution in [1.82, 2.24) is 0 Å². The molecule has 0 aromatic heterocycles. The first kappa shape index (κ1) is 14.1. The van der Waals surface area contributed by atoms with Crippen molar-refractivity contribution in [2.24, 2.45) is 0 Å². The molecule has 3 nitrogen and oxygen atoms in total. The van der Waals surface area contributed by atoms with Crippen LogP contribution in [-0.2, 0) is 16.0 Å². The molecule has 0 aliphatic rings. The van der Waals surface area contributed by atoms with Crippen LogP contribution in [0.25, 0.3) is 0 Å². The number of ether oxygens (including phenoxy) is 1. The average Bonchev–Trinajstić information content (AvgIpc) is 2.31. The molecule has 3 heteroatoms. The third-order valence-electron chi connectivity index (χ3n) is 1.83. The zero-order valence-corrected chi connectivity index (χ0v) is 9.66. The molecule has 0 heterocycles. The highest BCUT2D eigenvalue weighted by Crippen LogP contribution is 2.06. The minimum absolute atomic E-state index is 0.107. The Labute approximate surface area is 95.7 Å². The SMILES string of the molecule is C=C.COC(=O)c1ccc(CC(C)=O)cc1. The van der Waals surface area contributed by atoms with Gasteiger partial charge in [-0.25, -0.2) is 4.79 Å². The quantitative estimate of drug-likeness (QED) is 0.580. The van der Waals surface area contributed by atoms with Gasteiger partial charge in [-0.15, -0.1) is 13.2 Å². The fraction of sp³-hybridized carbons (Fsp3) is 0.231. The second-order valence-corrected chi connectivity index (χ2v) is 3.07. The van der Waals surface area contributed by atoms with Gasteiger partial charge in [-0.1, -0.05) is 12.1 Å². The van der Waals surface area contributed by atoms with E-state index in [0.717, 1.165) is 5.56 Å². The molecule has 86 valence electrons. The van der Waals surface area contributed by atoms with Gasteiger partial charge in [0.2, 0.25) is 0 Å². The van der Waals surface area contributed by atoms with Crippen LogP contribution in [0.5, 0.6) is 0 Å². The molecule has 0 saturated carbocycles. The number of methoxy groups -OCH3 is 1. The Morgan fingerprint density at radius 1 is 1.19 bits per heavy atom. The Hall–Kier alpha value is -1.90. The molecule has 0 spiro atoms. The molecule has 0 N–H and O–H groups in total. The van der Waals surface area contributed by atoms with Gasteiger partial charge in [-0.05, 0) is 24.6 Å². The summed E-state index contributed by atoms with van der Waals surface area (Å²) in [5.74, 6) is -0.254. The predicted octanol–water partition coefficient (Wildman–Crippen LogP) is 2.41. The van der Waals surface area contributed by atoms with Gasteiger partial charge < -0.3 is 4.74 Å². The van der Waals surface area contributed by atoms with Gasteiger partial charge in [-0.2, -0.15) is 0 Å². The van der Waals surface area contributed by atoms with Crippen molar-refractivity contribution in [3.05, 3.63) is 48.6 Å². The van der Waals surface area contributed by atoms with Gasteiger partial charge in [0.1, 0.15) is 5.78 Å². The van der Waals surface area contributed by atoms with E-state index in [-0.39, 0.29) is 11.8 Å². The molecular weight excluding hydrogens is 204 g/mol. The lowest BCUT2D eigenvalue weighted by Crippen LogP contribution is -2.02. The van der Waals surface area contributed by atoms with Crippen molar-refractivity contribution in [2.75, 3.05) is 7.11 Å². The van der Waals surface area contributed by atoms with E-state index in [4.69, 9.17) is 0 Å². The van der Waals surface area contributed by atoms with Gasteiger partial charge in [0, 0.05) is 6.42 Å². The van der Waals surface area contributed by atoms with E-state index >= 15 is 0 Å². The smallest absolute Gasteiger partial charge is 0.337 e. The molecule has 1 aromatic carbocycles. The molecule has 16 heavy (non-hydrogen) atoms. The summed E-state index contributed by atoms with van der Waals surface area (Å²) in [6, 6.07) is 6.83. The molecule has 1 aromatic rings. The van der Waals surface area contributed by atoms with Gasteiger partial charge in [-0.3, -0.25) is 4.79 Å². The molecule has 0 atom stereocenters. The van der Waals surface area contributed by atoms with Gasteiger partial charge in [0.15, 0.2) is 0 Å². The normalized spacial score (nSPS) is 8.62. The molecule has 0 aliphatic carbocycles. The lowest BCUT2D eigenvalue weighted by Gasteiger charge is -2.00. The Balaban J connectivity index is 0.00000106. The monoisotopic (exact) mass is 220 g/mol. The number of esters is 1. The highest BCUT2D eigenvalue weighted by molar-refractivity contribution is 5.89. The van der Waals surface area contributed by atoms with Crippen LogP contribution in [0.3, 0.4) is 0 Å².